The minimum Gasteiger partial charge on any atom is -0.496 e. The Bertz CT molecular complexity index is 5020. The van der Waals surface area contributed by atoms with Crippen molar-refractivity contribution in [3.8, 4) is 32.6 Å². The van der Waals surface area contributed by atoms with Crippen molar-refractivity contribution in [1.82, 2.24) is 90.3 Å². The van der Waals surface area contributed by atoms with E-state index in [0.717, 1.165) is 103 Å². The van der Waals surface area contributed by atoms with Gasteiger partial charge < -0.3 is 82.8 Å². The zero-order valence-electron chi connectivity index (χ0n) is 60.7. The second-order valence-corrected chi connectivity index (χ2v) is 28.5. The van der Waals surface area contributed by atoms with Gasteiger partial charge in [-0.25, -0.2) is 19.7 Å². The number of hydrogen-bond acceptors (Lipinski definition) is 30. The Morgan fingerprint density at radius 3 is 1.28 bits per heavy atom. The Hall–Kier alpha value is -11.9. The molecule has 13 N–H and O–H groups in total. The van der Waals surface area contributed by atoms with Crippen LogP contribution in [0.15, 0.2) is 127 Å². The number of carbonyl (C=O) groups excluding carboxylic acids is 4. The van der Waals surface area contributed by atoms with Gasteiger partial charge in [0.15, 0.2) is 0 Å². The molecule has 2 aliphatic rings. The summed E-state index contributed by atoms with van der Waals surface area (Å²) in [5.74, 6) is 2.13. The molecule has 34 nitrogen and oxygen atoms in total. The van der Waals surface area contributed by atoms with Crippen molar-refractivity contribution >= 4 is 141 Å². The summed E-state index contributed by atoms with van der Waals surface area (Å²) in [5.41, 5.74) is 23.4. The van der Waals surface area contributed by atoms with Crippen molar-refractivity contribution in [2.45, 2.75) is 39.2 Å². The Balaban J connectivity index is 0.000000153. The maximum absolute atomic E-state index is 12.8. The van der Waals surface area contributed by atoms with Gasteiger partial charge in [0.1, 0.15) is 22.8 Å². The fourth-order valence-electron chi connectivity index (χ4n) is 11.2. The summed E-state index contributed by atoms with van der Waals surface area (Å²) in [4.78, 5) is 81.1. The van der Waals surface area contributed by atoms with Gasteiger partial charge in [0.2, 0.25) is 51.1 Å². The summed E-state index contributed by atoms with van der Waals surface area (Å²) in [6.07, 6.45) is 0.920. The van der Waals surface area contributed by atoms with Crippen LogP contribution in [0.4, 0.5) is 57.5 Å². The highest BCUT2D eigenvalue weighted by atomic mass is 32.1. The molecule has 6 aromatic heterocycles. The van der Waals surface area contributed by atoms with Crippen LogP contribution in [0.3, 0.4) is 0 Å². The number of hydrogen-bond donors (Lipinski definition) is 10. The third-order valence-corrected chi connectivity index (χ3v) is 19.6. The molecule has 6 aromatic carbocycles. The Labute approximate surface area is 638 Å². The minimum absolute atomic E-state index is 0.122. The molecule has 2 aliphatic heterocycles. The average Bonchev–Trinajstić information content (AvgIpc) is 1.71. The lowest BCUT2D eigenvalue weighted by Crippen LogP contribution is -2.41. The smallest absolute Gasteiger partial charge is 0.407 e. The zero-order chi connectivity index (χ0) is 76.4. The Morgan fingerprint density at radius 1 is 0.459 bits per heavy atom. The van der Waals surface area contributed by atoms with Crippen LogP contribution in [0, 0.1) is 0 Å². The molecule has 0 atom stereocenters. The lowest BCUT2D eigenvalue weighted by molar-refractivity contribution is 0.0374. The van der Waals surface area contributed by atoms with E-state index in [0.29, 0.717) is 111 Å². The molecule has 2 saturated heterocycles. The molecule has 8 heterocycles. The normalized spacial score (nSPS) is 13.2. The highest BCUT2D eigenvalue weighted by Gasteiger charge is 2.23. The molecule has 2 fully saturated rings. The SMILES string of the molecule is COc1cc(Nc2nc(N)n(-c3nc4ccccc4s3)n2)ccc1C(=O)NCCCNC(=O)OC(C)(C)C.COc1cc(Nc2nc(N)n(-c3nc4ccccc4s3)n2)ccc1C(=O)NCCN1CCOCC1.COc1cc(Nc2nc(N)nn2-c2nc3ccccc3s2)ccc1C(=O)NCCCN1CCOCC1. The Kier molecular flexibility index (Phi) is 25.5. The van der Waals surface area contributed by atoms with Crippen LogP contribution in [-0.2, 0) is 14.2 Å². The van der Waals surface area contributed by atoms with Crippen molar-refractivity contribution in [2.75, 3.05) is 146 Å². The third-order valence-electron chi connectivity index (χ3n) is 16.6. The summed E-state index contributed by atoms with van der Waals surface area (Å²) in [5, 5.41) is 35.9. The van der Waals surface area contributed by atoms with Gasteiger partial charge in [0.05, 0.1) is 95.1 Å². The number of nitrogens with one attached hydrogen (secondary N) is 7. The monoisotopic (exact) mass is 1540 g/mol. The zero-order valence-corrected chi connectivity index (χ0v) is 63.2. The van der Waals surface area contributed by atoms with E-state index in [2.05, 4.69) is 92.2 Å². The molecule has 0 unspecified atom stereocenters. The standard InChI is InChI=1S/C25H30N8O4S.C24H28N8O3S.C23H26N8O3S/c1-25(2,3)37-24(35)28-13-7-12-27-20(34)16-11-10-15(14-18(16)36-4)29-22-31-21(26)33(32-22)23-30-17-8-5-6-9-19(17)38-23;1-34-19-15-16(7-8-17(19)21(33)26-9-4-10-31-11-13-35-14-12-31)27-23-29-22(25)30-32(23)24-28-18-5-2-3-6-20(18)36-24;1-33-18-14-15(6-7-16(18)20(32)25-8-9-30-10-12-34-13-11-30)26-22-28-21(24)31(29-22)23-27-17-4-2-3-5-19(17)35-23/h5-6,8-11,14H,7,12-13H2,1-4H3,(H,27,34)(H,28,35)(H3,26,29,31,32);2-3,5-8,15H,4,9-14H2,1H3,(H,26,33)(H3,25,27,29,30);2-7,14H,8-13H2,1H3,(H,25,32)(H3,24,26,28,29). The molecule has 4 amide bonds. The summed E-state index contributed by atoms with van der Waals surface area (Å²) >= 11 is 4.42. The molecule has 570 valence electrons. The molecule has 0 spiro atoms. The van der Waals surface area contributed by atoms with E-state index in [1.807, 2.05) is 72.8 Å². The average molecular weight is 1540 g/mol. The number of benzene rings is 6. The van der Waals surface area contributed by atoms with Crippen molar-refractivity contribution < 1.29 is 47.6 Å². The maximum Gasteiger partial charge on any atom is 0.407 e. The molecule has 14 rings (SSSR count). The number of methoxy groups -OCH3 is 3. The minimum atomic E-state index is -0.561. The molecular formula is C72H84N24O10S3. The number of nitrogen functional groups attached to an aromatic ring is 3. The molecule has 37 heteroatoms. The van der Waals surface area contributed by atoms with Crippen LogP contribution in [-0.4, -0.2) is 212 Å². The number of nitrogens with two attached hydrogens (primary N) is 3. The van der Waals surface area contributed by atoms with E-state index in [1.165, 1.54) is 64.7 Å². The van der Waals surface area contributed by atoms with Crippen LogP contribution in [0.1, 0.15) is 64.7 Å². The van der Waals surface area contributed by atoms with E-state index < -0.39 is 11.7 Å². The fourth-order valence-corrected chi connectivity index (χ4v) is 14.0. The number of anilines is 9. The van der Waals surface area contributed by atoms with Crippen LogP contribution in [0.25, 0.3) is 46.0 Å². The number of rotatable bonds is 26. The number of thiazole rings is 3. The second kappa shape index (κ2) is 36.1. The summed E-state index contributed by atoms with van der Waals surface area (Å²) < 4.78 is 39.9. The van der Waals surface area contributed by atoms with E-state index in [9.17, 15) is 19.2 Å². The van der Waals surface area contributed by atoms with Crippen molar-refractivity contribution in [3.05, 3.63) is 144 Å². The fraction of sp³-hybridized carbons (Fsp3) is 0.319. The quantitative estimate of drug-likeness (QED) is 0.0226. The first-order valence-electron chi connectivity index (χ1n) is 34.9. The summed E-state index contributed by atoms with van der Waals surface area (Å²) in [6, 6.07) is 39.0. The van der Waals surface area contributed by atoms with Gasteiger partial charge in [-0.1, -0.05) is 70.4 Å². The second-order valence-electron chi connectivity index (χ2n) is 25.4. The Morgan fingerprint density at radius 2 is 0.853 bits per heavy atom. The molecule has 0 radical (unpaired) electrons. The first kappa shape index (κ1) is 76.8. The number of alkyl carbamates (subject to hydrolysis) is 1. The van der Waals surface area contributed by atoms with Crippen LogP contribution >= 0.6 is 34.0 Å². The molecule has 12 aromatic rings. The van der Waals surface area contributed by atoms with E-state index in [-0.39, 0.29) is 41.5 Å². The number of ether oxygens (including phenoxy) is 6. The number of para-hydroxylation sites is 3. The number of nitrogens with zero attached hydrogens (tertiary/aromatic N) is 14. The van der Waals surface area contributed by atoms with Gasteiger partial charge in [-0.2, -0.15) is 29.0 Å². The molecule has 0 saturated carbocycles. The van der Waals surface area contributed by atoms with Gasteiger partial charge in [-0.05, 0) is 113 Å². The molecule has 0 bridgehead atoms. The highest BCUT2D eigenvalue weighted by molar-refractivity contribution is 7.21. The predicted molar refractivity (Wildman–Crippen MR) is 421 cm³/mol. The van der Waals surface area contributed by atoms with Crippen LogP contribution < -0.4 is 68.6 Å². The van der Waals surface area contributed by atoms with Gasteiger partial charge in [0.25, 0.3) is 17.7 Å². The first-order chi connectivity index (χ1) is 52.8. The number of fused-ring (bicyclic) bond motifs is 3. The number of aromatic nitrogens is 12. The van der Waals surface area contributed by atoms with Crippen LogP contribution in [0.5, 0.6) is 17.2 Å². The lowest BCUT2D eigenvalue weighted by atomic mass is 10.1. The van der Waals surface area contributed by atoms with Crippen molar-refractivity contribution in [2.24, 2.45) is 0 Å². The summed E-state index contributed by atoms with van der Waals surface area (Å²) in [6.45, 7) is 15.6. The molecular weight excluding hydrogens is 1460 g/mol. The van der Waals surface area contributed by atoms with Gasteiger partial charge in [0, 0.05) is 94.2 Å². The van der Waals surface area contributed by atoms with Gasteiger partial charge in [-0.3, -0.25) is 24.2 Å². The maximum atomic E-state index is 12.8. The predicted octanol–water partition coefficient (Wildman–Crippen LogP) is 8.79. The first-order valence-corrected chi connectivity index (χ1v) is 37.3. The number of amides is 4. The van der Waals surface area contributed by atoms with Crippen molar-refractivity contribution in [3.63, 3.8) is 0 Å². The van der Waals surface area contributed by atoms with Gasteiger partial charge >= 0.3 is 6.09 Å². The van der Waals surface area contributed by atoms with Crippen molar-refractivity contribution in [1.29, 1.82) is 0 Å². The highest BCUT2D eigenvalue weighted by Crippen LogP contribution is 2.33. The van der Waals surface area contributed by atoms with Crippen LogP contribution in [0.2, 0.25) is 0 Å². The topological polar surface area (TPSA) is 423 Å². The largest absolute Gasteiger partial charge is 0.496 e. The van der Waals surface area contributed by atoms with E-state index in [1.54, 1.807) is 80.1 Å². The molecule has 0 aliphatic carbocycles. The third kappa shape index (κ3) is 20.4. The lowest BCUT2D eigenvalue weighted by Gasteiger charge is -2.26. The number of morpholine rings is 2. The van der Waals surface area contributed by atoms with E-state index >= 15 is 0 Å². The van der Waals surface area contributed by atoms with E-state index in [4.69, 9.17) is 45.6 Å². The van der Waals surface area contributed by atoms with Gasteiger partial charge in [-0.15, -0.1) is 15.3 Å². The number of carbonyl (C=O) groups is 4. The summed E-state index contributed by atoms with van der Waals surface area (Å²) in [7, 11) is 4.55. The molecule has 109 heavy (non-hydrogen) atoms.